The monoisotopic (exact) mass is 391 g/mol. The maximum Gasteiger partial charge on any atom is 0.255 e. The third-order valence-electron chi connectivity index (χ3n) is 4.84. The lowest BCUT2D eigenvalue weighted by Crippen LogP contribution is -2.29. The molecular weight excluding hydrogens is 374 g/mol. The summed E-state index contributed by atoms with van der Waals surface area (Å²) in [5.41, 5.74) is 8.25. The van der Waals surface area contributed by atoms with E-state index in [1.54, 1.807) is 23.1 Å². The fourth-order valence-electron chi connectivity index (χ4n) is 3.52. The Balaban J connectivity index is 1.50. The summed E-state index contributed by atoms with van der Waals surface area (Å²) in [4.78, 5) is 16.1. The number of thioether (sulfide) groups is 1. The second-order valence-electron chi connectivity index (χ2n) is 6.48. The zero-order chi connectivity index (χ0) is 18.2. The van der Waals surface area contributed by atoms with E-state index < -0.39 is 0 Å². The molecule has 2 aliphatic rings. The van der Waals surface area contributed by atoms with Crippen LogP contribution >= 0.6 is 23.1 Å². The zero-order valence-electron chi connectivity index (χ0n) is 14.5. The molecule has 4 nitrogen and oxygen atoms in total. The van der Waals surface area contributed by atoms with Crippen molar-refractivity contribution in [1.29, 1.82) is 0 Å². The molecule has 3 aromatic rings. The average molecular weight is 392 g/mol. The molecule has 0 spiro atoms. The van der Waals surface area contributed by atoms with Gasteiger partial charge in [0, 0.05) is 21.8 Å². The van der Waals surface area contributed by atoms with Gasteiger partial charge in [-0.2, -0.15) is 5.10 Å². The van der Waals surface area contributed by atoms with Crippen LogP contribution in [0, 0.1) is 0 Å². The Morgan fingerprint density at radius 1 is 1.00 bits per heavy atom. The molecule has 0 fully saturated rings. The Morgan fingerprint density at radius 3 is 2.70 bits per heavy atom. The number of thiophene rings is 1. The molecule has 134 valence electrons. The predicted octanol–water partition coefficient (Wildman–Crippen LogP) is 4.97. The molecule has 27 heavy (non-hydrogen) atoms. The number of hydrazone groups is 1. The minimum absolute atomic E-state index is 0.0471. The van der Waals surface area contributed by atoms with Gasteiger partial charge in [0.1, 0.15) is 5.37 Å². The molecule has 0 bridgehead atoms. The van der Waals surface area contributed by atoms with Gasteiger partial charge in [-0.15, -0.1) is 23.1 Å². The van der Waals surface area contributed by atoms with E-state index in [9.17, 15) is 4.79 Å². The van der Waals surface area contributed by atoms with Crippen LogP contribution in [0.4, 0.5) is 5.69 Å². The van der Waals surface area contributed by atoms with Crippen LogP contribution in [0.5, 0.6) is 0 Å². The second kappa shape index (κ2) is 6.87. The number of hydrogen-bond donors (Lipinski definition) is 1. The SMILES string of the molecule is O=C1c2ccccc2[C@H]2SC/C(=N/Nc3ccccc3)c3ccsc3CN12. The van der Waals surface area contributed by atoms with Crippen molar-refractivity contribution in [1.82, 2.24) is 4.90 Å². The van der Waals surface area contributed by atoms with Gasteiger partial charge in [0.2, 0.25) is 0 Å². The molecule has 0 saturated heterocycles. The summed E-state index contributed by atoms with van der Waals surface area (Å²) in [6, 6.07) is 20.0. The Labute approximate surface area is 165 Å². The molecule has 0 unspecified atom stereocenters. The van der Waals surface area contributed by atoms with E-state index in [1.807, 2.05) is 53.4 Å². The lowest BCUT2D eigenvalue weighted by atomic mass is 10.1. The van der Waals surface area contributed by atoms with Crippen molar-refractivity contribution in [3.63, 3.8) is 0 Å². The number of amides is 1. The van der Waals surface area contributed by atoms with Gasteiger partial charge in [0.15, 0.2) is 0 Å². The number of carbonyl (C=O) groups is 1. The molecule has 2 aliphatic heterocycles. The van der Waals surface area contributed by atoms with Gasteiger partial charge >= 0.3 is 0 Å². The van der Waals surface area contributed by atoms with Crippen LogP contribution in [0.1, 0.15) is 31.7 Å². The van der Waals surface area contributed by atoms with Crippen molar-refractivity contribution >= 4 is 40.4 Å². The van der Waals surface area contributed by atoms with Gasteiger partial charge in [0.25, 0.3) is 5.91 Å². The summed E-state index contributed by atoms with van der Waals surface area (Å²) in [6.07, 6.45) is 0. The fraction of sp³-hybridized carbons (Fsp3) is 0.143. The summed E-state index contributed by atoms with van der Waals surface area (Å²) in [5.74, 6) is 0.872. The minimum atomic E-state index is 0.0471. The minimum Gasteiger partial charge on any atom is -0.317 e. The number of para-hydroxylation sites is 1. The zero-order valence-corrected chi connectivity index (χ0v) is 16.1. The molecule has 0 saturated carbocycles. The number of nitrogens with zero attached hydrogens (tertiary/aromatic N) is 2. The number of rotatable bonds is 2. The van der Waals surface area contributed by atoms with Crippen LogP contribution in [0.2, 0.25) is 0 Å². The highest BCUT2D eigenvalue weighted by molar-refractivity contribution is 8.00. The van der Waals surface area contributed by atoms with E-state index in [1.165, 1.54) is 4.88 Å². The van der Waals surface area contributed by atoms with Gasteiger partial charge in [-0.25, -0.2) is 0 Å². The predicted molar refractivity (Wildman–Crippen MR) is 112 cm³/mol. The van der Waals surface area contributed by atoms with Crippen molar-refractivity contribution < 1.29 is 4.79 Å². The first-order valence-corrected chi connectivity index (χ1v) is 10.7. The molecule has 0 aliphatic carbocycles. The van der Waals surface area contributed by atoms with Crippen LogP contribution in [0.15, 0.2) is 71.1 Å². The number of benzene rings is 2. The summed E-state index contributed by atoms with van der Waals surface area (Å²) in [6.45, 7) is 0.628. The summed E-state index contributed by atoms with van der Waals surface area (Å²) in [5, 5.41) is 6.84. The fourth-order valence-corrected chi connectivity index (χ4v) is 5.68. The summed E-state index contributed by atoms with van der Waals surface area (Å²) < 4.78 is 0. The largest absolute Gasteiger partial charge is 0.317 e. The first-order valence-electron chi connectivity index (χ1n) is 8.77. The third-order valence-corrected chi connectivity index (χ3v) is 7.01. The van der Waals surface area contributed by atoms with Crippen molar-refractivity contribution in [2.75, 3.05) is 11.2 Å². The maximum absolute atomic E-state index is 12.9. The van der Waals surface area contributed by atoms with Gasteiger partial charge < -0.3 is 4.90 Å². The molecule has 5 rings (SSSR count). The van der Waals surface area contributed by atoms with E-state index in [4.69, 9.17) is 5.10 Å². The Hall–Kier alpha value is -2.57. The number of anilines is 1. The molecule has 0 radical (unpaired) electrons. The summed E-state index contributed by atoms with van der Waals surface area (Å²) in [7, 11) is 0. The van der Waals surface area contributed by atoms with Crippen LogP contribution < -0.4 is 5.43 Å². The molecule has 3 heterocycles. The van der Waals surface area contributed by atoms with Gasteiger partial charge in [-0.05, 0) is 35.2 Å². The average Bonchev–Trinajstić information content (AvgIpc) is 3.25. The summed E-state index contributed by atoms with van der Waals surface area (Å²) >= 11 is 3.45. The highest BCUT2D eigenvalue weighted by atomic mass is 32.2. The maximum atomic E-state index is 12.9. The number of hydrogen-bond acceptors (Lipinski definition) is 5. The standard InChI is InChI=1S/C21H17N3OS2/c25-20-15-8-4-5-9-16(15)21-24(20)12-19-17(10-11-26-19)18(13-27-21)23-22-14-6-2-1-3-7-14/h1-11,21-22H,12-13H2/b23-18-/t21-/m1/s1. The molecule has 1 N–H and O–H groups in total. The number of nitrogens with one attached hydrogen (secondary N) is 1. The molecule has 1 aromatic heterocycles. The van der Waals surface area contributed by atoms with Gasteiger partial charge in [-0.3, -0.25) is 10.2 Å². The van der Waals surface area contributed by atoms with E-state index in [0.29, 0.717) is 6.54 Å². The van der Waals surface area contributed by atoms with Gasteiger partial charge in [-0.1, -0.05) is 36.4 Å². The third kappa shape index (κ3) is 2.95. The first-order chi connectivity index (χ1) is 13.3. The van der Waals surface area contributed by atoms with Crippen molar-refractivity contribution in [2.45, 2.75) is 11.9 Å². The van der Waals surface area contributed by atoms with E-state index in [0.717, 1.165) is 33.8 Å². The Morgan fingerprint density at radius 2 is 1.81 bits per heavy atom. The lowest BCUT2D eigenvalue weighted by Gasteiger charge is -2.27. The Bertz CT molecular complexity index is 1030. The van der Waals surface area contributed by atoms with Crippen LogP contribution in [0.25, 0.3) is 0 Å². The quantitative estimate of drug-likeness (QED) is 0.628. The molecule has 2 aromatic carbocycles. The lowest BCUT2D eigenvalue weighted by molar-refractivity contribution is 0.0763. The van der Waals surface area contributed by atoms with Crippen molar-refractivity contribution in [3.8, 4) is 0 Å². The van der Waals surface area contributed by atoms with Gasteiger partial charge in [0.05, 0.1) is 17.9 Å². The highest BCUT2D eigenvalue weighted by Crippen LogP contribution is 2.44. The molecule has 6 heteroatoms. The first kappa shape index (κ1) is 16.6. The number of carbonyl (C=O) groups excluding carboxylic acids is 1. The van der Waals surface area contributed by atoms with Crippen LogP contribution in [-0.4, -0.2) is 22.3 Å². The second-order valence-corrected chi connectivity index (χ2v) is 8.55. The van der Waals surface area contributed by atoms with Crippen molar-refractivity contribution in [3.05, 3.63) is 87.6 Å². The highest BCUT2D eigenvalue weighted by Gasteiger charge is 2.38. The molecule has 1 amide bonds. The topological polar surface area (TPSA) is 44.7 Å². The van der Waals surface area contributed by atoms with Crippen LogP contribution in [0.3, 0.4) is 0 Å². The normalized spacial score (nSPS) is 19.9. The van der Waals surface area contributed by atoms with E-state index in [2.05, 4.69) is 22.9 Å². The molecule has 1 atom stereocenters. The smallest absolute Gasteiger partial charge is 0.255 e. The van der Waals surface area contributed by atoms with E-state index in [-0.39, 0.29) is 11.3 Å². The van der Waals surface area contributed by atoms with Crippen LogP contribution in [-0.2, 0) is 6.54 Å². The number of fused-ring (bicyclic) bond motifs is 4. The molecular formula is C21H17N3OS2. The van der Waals surface area contributed by atoms with Crippen molar-refractivity contribution in [2.24, 2.45) is 5.10 Å². The Kier molecular flexibility index (Phi) is 4.22. The van der Waals surface area contributed by atoms with E-state index >= 15 is 0 Å².